The van der Waals surface area contributed by atoms with E-state index in [0.29, 0.717) is 5.37 Å². The molecule has 3 aromatic rings. The molecule has 6 heteroatoms. The van der Waals surface area contributed by atoms with Gasteiger partial charge in [0.25, 0.3) is 0 Å². The van der Waals surface area contributed by atoms with Crippen molar-refractivity contribution in [1.29, 1.82) is 0 Å². The zero-order chi connectivity index (χ0) is 25.0. The van der Waals surface area contributed by atoms with Crippen LogP contribution in [-0.2, 0) is 5.41 Å². The van der Waals surface area contributed by atoms with Crippen LogP contribution in [0.5, 0.6) is 0 Å². The van der Waals surface area contributed by atoms with Crippen LogP contribution in [0, 0.1) is 0 Å². The molecule has 3 aliphatic heterocycles. The highest BCUT2D eigenvalue weighted by atomic mass is 32.2. The molecule has 1 aromatic heterocycles. The number of pyridine rings is 1. The van der Waals surface area contributed by atoms with Gasteiger partial charge in [-0.25, -0.2) is 0 Å². The van der Waals surface area contributed by atoms with Gasteiger partial charge in [0.15, 0.2) is 0 Å². The topological polar surface area (TPSA) is 49.0 Å². The van der Waals surface area contributed by atoms with Crippen molar-refractivity contribution in [2.24, 2.45) is 0 Å². The molecule has 3 unspecified atom stereocenters. The van der Waals surface area contributed by atoms with E-state index in [9.17, 15) is 0 Å². The Bertz CT molecular complexity index is 1480. The van der Waals surface area contributed by atoms with Crippen LogP contribution in [0.2, 0.25) is 0 Å². The fraction of sp³-hybridized carbons (Fsp3) is 0.194. The van der Waals surface area contributed by atoms with Gasteiger partial charge >= 0.3 is 0 Å². The highest BCUT2D eigenvalue weighted by Crippen LogP contribution is 2.50. The van der Waals surface area contributed by atoms with Crippen LogP contribution in [0.3, 0.4) is 0 Å². The van der Waals surface area contributed by atoms with Gasteiger partial charge in [-0.3, -0.25) is 4.98 Å². The highest BCUT2D eigenvalue weighted by Gasteiger charge is 2.36. The van der Waals surface area contributed by atoms with Crippen LogP contribution < -0.4 is 16.0 Å². The molecule has 7 rings (SSSR count). The quantitative estimate of drug-likeness (QED) is 0.349. The molecule has 0 saturated carbocycles. The first-order valence-electron chi connectivity index (χ1n) is 12.6. The Morgan fingerprint density at radius 3 is 2.16 bits per heavy atom. The van der Waals surface area contributed by atoms with Gasteiger partial charge in [-0.1, -0.05) is 56.3 Å². The first-order valence-corrected chi connectivity index (χ1v) is 14.5. The van der Waals surface area contributed by atoms with E-state index in [1.54, 1.807) is 11.8 Å². The van der Waals surface area contributed by atoms with Crippen molar-refractivity contribution in [3.63, 3.8) is 0 Å². The normalized spacial score (nSPS) is 24.2. The summed E-state index contributed by atoms with van der Waals surface area (Å²) in [6.07, 6.45) is 12.7. The lowest BCUT2D eigenvalue weighted by Crippen LogP contribution is -2.40. The van der Waals surface area contributed by atoms with Crippen LogP contribution in [0.15, 0.2) is 96.3 Å². The Labute approximate surface area is 226 Å². The summed E-state index contributed by atoms with van der Waals surface area (Å²) in [5.74, 6) is 0. The molecule has 3 atom stereocenters. The molecule has 0 fully saturated rings. The van der Waals surface area contributed by atoms with Crippen LogP contribution in [-0.4, -0.2) is 16.4 Å². The first kappa shape index (κ1) is 22.8. The van der Waals surface area contributed by atoms with Gasteiger partial charge in [0.1, 0.15) is 5.37 Å². The molecule has 0 amide bonds. The third-order valence-corrected chi connectivity index (χ3v) is 9.68. The van der Waals surface area contributed by atoms with E-state index in [1.807, 2.05) is 30.4 Å². The second-order valence-electron chi connectivity index (χ2n) is 10.3. The number of benzene rings is 2. The van der Waals surface area contributed by atoms with Crippen LogP contribution in [0.1, 0.15) is 41.6 Å². The summed E-state index contributed by atoms with van der Waals surface area (Å²) in [4.78, 5) is 4.75. The van der Waals surface area contributed by atoms with E-state index in [-0.39, 0.29) is 16.8 Å². The molecule has 4 heterocycles. The van der Waals surface area contributed by atoms with E-state index >= 15 is 0 Å². The maximum absolute atomic E-state index is 4.75. The largest absolute Gasteiger partial charge is 0.381 e. The standard InChI is InChI=1S/C31H28N4S2/c1-31(2)25-15-19(21-5-9-27(34-17-21)29-32-11-13-36-29)3-7-23(25)24-8-4-20(16-26(24)31)22-6-10-28(35-18-22)30-33-12-14-37-30/h3-18,27,29-30,32-34H,1-2H3. The molecule has 4 aliphatic rings. The van der Waals surface area contributed by atoms with Gasteiger partial charge in [-0.15, -0.1) is 23.5 Å². The molecule has 1 aliphatic carbocycles. The van der Waals surface area contributed by atoms with E-state index in [2.05, 4.69) is 107 Å². The van der Waals surface area contributed by atoms with Crippen molar-refractivity contribution in [1.82, 2.24) is 20.9 Å². The smallest absolute Gasteiger partial charge is 0.119 e. The first-order chi connectivity index (χ1) is 18.1. The Morgan fingerprint density at radius 1 is 0.784 bits per heavy atom. The number of rotatable bonds is 4. The van der Waals surface area contributed by atoms with Crippen LogP contribution in [0.4, 0.5) is 0 Å². The number of dihydropyridines is 1. The Hall–Kier alpha value is -3.35. The Kier molecular flexibility index (Phi) is 5.48. The minimum Gasteiger partial charge on any atom is -0.381 e. The van der Waals surface area contributed by atoms with Crippen LogP contribution in [0.25, 0.3) is 27.8 Å². The third-order valence-electron chi connectivity index (χ3n) is 7.72. The summed E-state index contributed by atoms with van der Waals surface area (Å²) in [5, 5.41) is 15.0. The van der Waals surface area contributed by atoms with Crippen molar-refractivity contribution in [2.75, 3.05) is 0 Å². The highest BCUT2D eigenvalue weighted by molar-refractivity contribution is 8.03. The molecule has 0 saturated heterocycles. The van der Waals surface area contributed by atoms with Crippen molar-refractivity contribution < 1.29 is 0 Å². The number of allylic oxidation sites excluding steroid dienone is 2. The monoisotopic (exact) mass is 520 g/mol. The molecule has 37 heavy (non-hydrogen) atoms. The summed E-state index contributed by atoms with van der Waals surface area (Å²) in [6.45, 7) is 4.69. The average molecular weight is 521 g/mol. The summed E-state index contributed by atoms with van der Waals surface area (Å²) >= 11 is 3.57. The van der Waals surface area contributed by atoms with Gasteiger partial charge in [0.2, 0.25) is 0 Å². The molecule has 0 radical (unpaired) electrons. The van der Waals surface area contributed by atoms with E-state index < -0.39 is 0 Å². The van der Waals surface area contributed by atoms with Crippen LogP contribution >= 0.6 is 23.5 Å². The summed E-state index contributed by atoms with van der Waals surface area (Å²) in [7, 11) is 0. The minimum absolute atomic E-state index is 0.0783. The average Bonchev–Trinajstić information content (AvgIpc) is 3.71. The molecular formula is C31H28N4S2. The van der Waals surface area contributed by atoms with Crippen molar-refractivity contribution in [2.45, 2.75) is 36.1 Å². The Balaban J connectivity index is 1.16. The molecule has 3 N–H and O–H groups in total. The number of hydrogen-bond donors (Lipinski definition) is 3. The molecular weight excluding hydrogens is 493 g/mol. The summed E-state index contributed by atoms with van der Waals surface area (Å²) in [6, 6.07) is 18.4. The fourth-order valence-corrected chi connectivity index (χ4v) is 7.19. The number of nitrogens with one attached hydrogen (secondary N) is 3. The lowest BCUT2D eigenvalue weighted by molar-refractivity contribution is 0.622. The predicted molar refractivity (Wildman–Crippen MR) is 158 cm³/mol. The van der Waals surface area contributed by atoms with Crippen molar-refractivity contribution in [3.8, 4) is 22.3 Å². The van der Waals surface area contributed by atoms with E-state index in [0.717, 1.165) is 11.3 Å². The SMILES string of the molecule is CC1(C)c2cc(C3=CNC(C4NC=CS4)C=C3)ccc2-c2ccc(-c3ccc(C4NC=CS4)nc3)cc21. The fourth-order valence-electron chi connectivity index (χ4n) is 5.62. The number of hydrogen-bond acceptors (Lipinski definition) is 6. The minimum atomic E-state index is -0.0783. The number of fused-ring (bicyclic) bond motifs is 3. The van der Waals surface area contributed by atoms with E-state index in [4.69, 9.17) is 4.98 Å². The number of nitrogens with zero attached hydrogens (tertiary/aromatic N) is 1. The molecule has 2 aromatic carbocycles. The second kappa shape index (κ2) is 8.89. The zero-order valence-corrected chi connectivity index (χ0v) is 22.4. The zero-order valence-electron chi connectivity index (χ0n) is 20.7. The second-order valence-corrected chi connectivity index (χ2v) is 12.3. The maximum Gasteiger partial charge on any atom is 0.119 e. The molecule has 184 valence electrons. The molecule has 0 bridgehead atoms. The molecule has 4 nitrogen and oxygen atoms in total. The summed E-state index contributed by atoms with van der Waals surface area (Å²) < 4.78 is 0. The Morgan fingerprint density at radius 2 is 1.51 bits per heavy atom. The lowest BCUT2D eigenvalue weighted by atomic mass is 9.81. The maximum atomic E-state index is 4.75. The van der Waals surface area contributed by atoms with Gasteiger partial charge in [-0.2, -0.15) is 0 Å². The lowest BCUT2D eigenvalue weighted by Gasteiger charge is -2.25. The molecule has 0 spiro atoms. The van der Waals surface area contributed by atoms with Gasteiger partial charge in [0.05, 0.1) is 17.1 Å². The number of thioether (sulfide) groups is 2. The van der Waals surface area contributed by atoms with Crippen molar-refractivity contribution in [3.05, 3.63) is 119 Å². The third kappa shape index (κ3) is 3.90. The predicted octanol–water partition coefficient (Wildman–Crippen LogP) is 6.86. The van der Waals surface area contributed by atoms with E-state index in [1.165, 1.54) is 39.0 Å². The van der Waals surface area contributed by atoms with Gasteiger partial charge in [0, 0.05) is 35.8 Å². The summed E-state index contributed by atoms with van der Waals surface area (Å²) in [5.41, 5.74) is 11.2. The van der Waals surface area contributed by atoms with Gasteiger partial charge in [-0.05, 0) is 68.0 Å². The van der Waals surface area contributed by atoms with Gasteiger partial charge < -0.3 is 16.0 Å². The van der Waals surface area contributed by atoms with Crippen molar-refractivity contribution >= 4 is 29.1 Å². The number of aromatic nitrogens is 1.